The quantitative estimate of drug-likeness (QED) is 0.786. The van der Waals surface area contributed by atoms with E-state index in [1.807, 2.05) is 18.2 Å². The zero-order valence-corrected chi connectivity index (χ0v) is 13.4. The van der Waals surface area contributed by atoms with Crippen LogP contribution in [0.4, 0.5) is 0 Å². The van der Waals surface area contributed by atoms with Gasteiger partial charge < -0.3 is 0 Å². The average Bonchev–Trinajstić information content (AvgIpc) is 2.74. The molecule has 1 aromatic rings. The van der Waals surface area contributed by atoms with Crippen molar-refractivity contribution in [3.05, 3.63) is 34.9 Å². The van der Waals surface area contributed by atoms with Crippen molar-refractivity contribution < 1.29 is 8.42 Å². The van der Waals surface area contributed by atoms with Gasteiger partial charge in [0.15, 0.2) is 9.84 Å². The first-order chi connectivity index (χ1) is 8.95. The summed E-state index contributed by atoms with van der Waals surface area (Å²) in [6, 6.07) is 7.38. The molecule has 6 heteroatoms. The Balaban J connectivity index is 2.47. The van der Waals surface area contributed by atoms with Crippen LogP contribution in [0.15, 0.2) is 24.3 Å². The summed E-state index contributed by atoms with van der Waals surface area (Å²) in [5, 5.41) is 0.591. The third-order valence-corrected chi connectivity index (χ3v) is 6.95. The van der Waals surface area contributed by atoms with Gasteiger partial charge in [-0.25, -0.2) is 8.42 Å². The van der Waals surface area contributed by atoms with E-state index < -0.39 is 15.3 Å². The highest BCUT2D eigenvalue weighted by molar-refractivity contribution is 7.91. The summed E-state index contributed by atoms with van der Waals surface area (Å²) in [6.07, 6.45) is 0.590. The molecule has 0 bridgehead atoms. The molecule has 19 heavy (non-hydrogen) atoms. The Bertz CT molecular complexity index is 553. The molecule has 2 rings (SSSR count). The van der Waals surface area contributed by atoms with Gasteiger partial charge in [-0.1, -0.05) is 29.8 Å². The number of sulfone groups is 1. The standard InChI is InChI=1S/C13H15Cl3O2S/c14-8-13(9-15,10-5-6-19(17,18)7-10)11-3-1-2-4-12(11)16/h1-4,10H,5-9H2. The number of hydrogen-bond acceptors (Lipinski definition) is 2. The van der Waals surface area contributed by atoms with Crippen molar-refractivity contribution in [1.82, 2.24) is 0 Å². The molecule has 0 aliphatic carbocycles. The molecule has 2 nitrogen and oxygen atoms in total. The van der Waals surface area contributed by atoms with Crippen LogP contribution in [-0.2, 0) is 15.3 Å². The van der Waals surface area contributed by atoms with Crippen molar-refractivity contribution in [3.8, 4) is 0 Å². The lowest BCUT2D eigenvalue weighted by Crippen LogP contribution is -2.40. The molecule has 1 aliphatic rings. The molecule has 0 radical (unpaired) electrons. The molecule has 1 atom stereocenters. The van der Waals surface area contributed by atoms with Crippen molar-refractivity contribution in [2.45, 2.75) is 11.8 Å². The van der Waals surface area contributed by atoms with Gasteiger partial charge in [0.05, 0.1) is 11.5 Å². The maximum atomic E-state index is 11.7. The molecule has 1 saturated heterocycles. The highest BCUT2D eigenvalue weighted by Crippen LogP contribution is 2.43. The topological polar surface area (TPSA) is 34.1 Å². The van der Waals surface area contributed by atoms with Crippen molar-refractivity contribution in [2.75, 3.05) is 23.3 Å². The maximum Gasteiger partial charge on any atom is 0.150 e. The molecule has 1 fully saturated rings. The van der Waals surface area contributed by atoms with Gasteiger partial charge >= 0.3 is 0 Å². The summed E-state index contributed by atoms with van der Waals surface area (Å²) < 4.78 is 23.4. The largest absolute Gasteiger partial charge is 0.229 e. The van der Waals surface area contributed by atoms with Gasteiger partial charge in [0.1, 0.15) is 0 Å². The minimum absolute atomic E-state index is 0.0765. The molecule has 1 aliphatic heterocycles. The second-order valence-corrected chi connectivity index (χ2v) is 8.17. The predicted octanol–water partition coefficient (Wildman–Crippen LogP) is 3.49. The lowest BCUT2D eigenvalue weighted by molar-refractivity contribution is 0.361. The fraction of sp³-hybridized carbons (Fsp3) is 0.538. The van der Waals surface area contributed by atoms with E-state index in [2.05, 4.69) is 0 Å². The third kappa shape index (κ3) is 2.90. The van der Waals surface area contributed by atoms with Crippen molar-refractivity contribution >= 4 is 44.6 Å². The van der Waals surface area contributed by atoms with Gasteiger partial charge in [0.2, 0.25) is 0 Å². The molecular formula is C13H15Cl3O2S. The van der Waals surface area contributed by atoms with Crippen LogP contribution in [0.1, 0.15) is 12.0 Å². The highest BCUT2D eigenvalue weighted by atomic mass is 35.5. The van der Waals surface area contributed by atoms with Gasteiger partial charge in [-0.3, -0.25) is 0 Å². The first kappa shape index (κ1) is 15.4. The van der Waals surface area contributed by atoms with E-state index in [-0.39, 0.29) is 29.2 Å². The van der Waals surface area contributed by atoms with Crippen molar-refractivity contribution in [3.63, 3.8) is 0 Å². The lowest BCUT2D eigenvalue weighted by Gasteiger charge is -2.36. The summed E-state index contributed by atoms with van der Waals surface area (Å²) in [4.78, 5) is 0. The van der Waals surface area contributed by atoms with Crippen molar-refractivity contribution in [1.29, 1.82) is 0 Å². The molecule has 0 aromatic heterocycles. The van der Waals surface area contributed by atoms with Gasteiger partial charge in [-0.05, 0) is 24.0 Å². The molecule has 1 heterocycles. The van der Waals surface area contributed by atoms with Gasteiger partial charge in [0.25, 0.3) is 0 Å². The summed E-state index contributed by atoms with van der Waals surface area (Å²) in [5.74, 6) is 0.795. The third-order valence-electron chi connectivity index (χ3n) is 3.90. The zero-order valence-electron chi connectivity index (χ0n) is 10.3. The van der Waals surface area contributed by atoms with E-state index in [1.54, 1.807) is 6.07 Å². The van der Waals surface area contributed by atoms with Crippen LogP contribution in [0.2, 0.25) is 5.02 Å². The lowest BCUT2D eigenvalue weighted by atomic mass is 9.72. The first-order valence-corrected chi connectivity index (χ1v) is 9.29. The SMILES string of the molecule is O=S1(=O)CCC(C(CCl)(CCl)c2ccccc2Cl)C1. The first-order valence-electron chi connectivity index (χ1n) is 6.02. The van der Waals surface area contributed by atoms with E-state index in [9.17, 15) is 8.42 Å². The zero-order chi connectivity index (χ0) is 14.1. The van der Waals surface area contributed by atoms with Crippen LogP contribution in [-0.4, -0.2) is 31.7 Å². The van der Waals surface area contributed by atoms with E-state index >= 15 is 0 Å². The number of rotatable bonds is 4. The second kappa shape index (κ2) is 5.80. The highest BCUT2D eigenvalue weighted by Gasteiger charge is 2.45. The minimum Gasteiger partial charge on any atom is -0.229 e. The van der Waals surface area contributed by atoms with Gasteiger partial charge in [-0.2, -0.15) is 0 Å². The van der Waals surface area contributed by atoms with Crippen LogP contribution in [0.3, 0.4) is 0 Å². The van der Waals surface area contributed by atoms with Crippen molar-refractivity contribution in [2.24, 2.45) is 5.92 Å². The summed E-state index contributed by atoms with van der Waals surface area (Å²) >= 11 is 18.6. The van der Waals surface area contributed by atoms with E-state index in [4.69, 9.17) is 34.8 Å². The van der Waals surface area contributed by atoms with Crippen LogP contribution >= 0.6 is 34.8 Å². The number of alkyl halides is 2. The normalized spacial score (nSPS) is 22.6. The molecule has 0 N–H and O–H groups in total. The molecular weight excluding hydrogens is 327 g/mol. The van der Waals surface area contributed by atoms with Crippen LogP contribution in [0, 0.1) is 5.92 Å². The smallest absolute Gasteiger partial charge is 0.150 e. The van der Waals surface area contributed by atoms with E-state index in [0.717, 1.165) is 5.56 Å². The molecule has 0 spiro atoms. The molecule has 0 amide bonds. The Morgan fingerprint density at radius 1 is 1.21 bits per heavy atom. The number of hydrogen-bond donors (Lipinski definition) is 0. The number of halogens is 3. The average molecular weight is 342 g/mol. The minimum atomic E-state index is -2.98. The monoisotopic (exact) mass is 340 g/mol. The Hall–Kier alpha value is 0.0400. The molecule has 1 unspecified atom stereocenters. The maximum absolute atomic E-state index is 11.7. The number of benzene rings is 1. The van der Waals surface area contributed by atoms with Crippen LogP contribution < -0.4 is 0 Å². The molecule has 106 valence electrons. The fourth-order valence-corrected chi connectivity index (χ4v) is 5.96. The van der Waals surface area contributed by atoms with Crippen LogP contribution in [0.25, 0.3) is 0 Å². The van der Waals surface area contributed by atoms with E-state index in [1.165, 1.54) is 0 Å². The fourth-order valence-electron chi connectivity index (χ4n) is 2.71. The Kier molecular flexibility index (Phi) is 4.71. The Morgan fingerprint density at radius 2 is 1.84 bits per heavy atom. The van der Waals surface area contributed by atoms with Gasteiger partial charge in [-0.15, -0.1) is 23.2 Å². The predicted molar refractivity (Wildman–Crippen MR) is 81.3 cm³/mol. The summed E-state index contributed by atoms with van der Waals surface area (Å²) in [6.45, 7) is 0. The summed E-state index contributed by atoms with van der Waals surface area (Å²) in [7, 11) is -2.98. The Morgan fingerprint density at radius 3 is 2.32 bits per heavy atom. The van der Waals surface area contributed by atoms with E-state index in [0.29, 0.717) is 11.4 Å². The van der Waals surface area contributed by atoms with Crippen LogP contribution in [0.5, 0.6) is 0 Å². The van der Waals surface area contributed by atoms with Gasteiger partial charge in [0, 0.05) is 22.2 Å². The summed E-state index contributed by atoms with van der Waals surface area (Å²) in [5.41, 5.74) is 0.272. The Labute approximate surface area is 129 Å². The molecule has 1 aromatic carbocycles. The molecule has 0 saturated carbocycles. The second-order valence-electron chi connectivity index (χ2n) is 5.00.